The lowest BCUT2D eigenvalue weighted by Crippen LogP contribution is -2.36. The van der Waals surface area contributed by atoms with E-state index in [2.05, 4.69) is 4.98 Å². The molecule has 2 aliphatic heterocycles. The molecule has 26 heavy (non-hydrogen) atoms. The number of benzene rings is 1. The lowest BCUT2D eigenvalue weighted by molar-refractivity contribution is -0.149. The molecule has 2 aliphatic rings. The molecular formula is C16H12N2O6S2. The molecule has 134 valence electrons. The molecule has 0 saturated carbocycles. The number of H-pyrrole nitrogens is 1. The Morgan fingerprint density at radius 3 is 2.50 bits per heavy atom. The molecule has 2 amide bonds. The molecule has 2 aromatic rings. The quantitative estimate of drug-likeness (QED) is 0.660. The number of hydrogen-bond acceptors (Lipinski definition) is 7. The predicted octanol–water partition coefficient (Wildman–Crippen LogP) is 0.818. The monoisotopic (exact) mass is 392 g/mol. The standard InChI is InChI=1S/C16H12N2O6S2/c19-7-3-1-6(2-4-7)9-10-12(25-13-11(9)26-16(24)17-13)15(23)18(14(10)22)5-8(20)21/h1-4,9-10,12,19H,5H2,(H,17,24)(H,20,21)/t9-,10+,12-/m0/s1. The normalized spacial score (nSPS) is 24.5. The van der Waals surface area contributed by atoms with Crippen LogP contribution in [0.2, 0.25) is 0 Å². The van der Waals surface area contributed by atoms with Gasteiger partial charge in [0.25, 0.3) is 0 Å². The first-order valence-corrected chi connectivity index (χ1v) is 9.32. The summed E-state index contributed by atoms with van der Waals surface area (Å²) in [5.74, 6) is -3.68. The Balaban J connectivity index is 1.85. The molecule has 8 nitrogen and oxygen atoms in total. The van der Waals surface area contributed by atoms with Gasteiger partial charge in [-0.1, -0.05) is 35.2 Å². The van der Waals surface area contributed by atoms with Gasteiger partial charge in [-0.3, -0.25) is 24.1 Å². The first kappa shape index (κ1) is 16.9. The zero-order valence-corrected chi connectivity index (χ0v) is 14.7. The summed E-state index contributed by atoms with van der Waals surface area (Å²) in [5, 5.41) is 18.3. The average molecular weight is 392 g/mol. The minimum atomic E-state index is -1.26. The molecule has 1 saturated heterocycles. The van der Waals surface area contributed by atoms with Crippen molar-refractivity contribution < 1.29 is 24.6 Å². The van der Waals surface area contributed by atoms with Gasteiger partial charge in [-0.25, -0.2) is 0 Å². The average Bonchev–Trinajstić information content (AvgIpc) is 3.06. The zero-order chi connectivity index (χ0) is 18.6. The van der Waals surface area contributed by atoms with Crippen LogP contribution in [0.3, 0.4) is 0 Å². The number of imide groups is 1. The van der Waals surface area contributed by atoms with E-state index >= 15 is 0 Å². The highest BCUT2D eigenvalue weighted by Gasteiger charge is 2.56. The van der Waals surface area contributed by atoms with E-state index in [1.165, 1.54) is 12.1 Å². The highest BCUT2D eigenvalue weighted by molar-refractivity contribution is 8.00. The summed E-state index contributed by atoms with van der Waals surface area (Å²) >= 11 is 2.07. The summed E-state index contributed by atoms with van der Waals surface area (Å²) < 4.78 is 0. The fraction of sp³-hybridized carbons (Fsp3) is 0.250. The Morgan fingerprint density at radius 2 is 1.85 bits per heavy atom. The second-order valence-electron chi connectivity index (χ2n) is 6.00. The predicted molar refractivity (Wildman–Crippen MR) is 92.4 cm³/mol. The number of aromatic hydroxyl groups is 1. The van der Waals surface area contributed by atoms with E-state index in [-0.39, 0.29) is 10.6 Å². The van der Waals surface area contributed by atoms with Crippen LogP contribution in [0.15, 0.2) is 34.1 Å². The molecule has 1 aromatic carbocycles. The highest BCUT2D eigenvalue weighted by Crippen LogP contribution is 2.52. The number of phenolic OH excluding ortho intramolecular Hbond substituents is 1. The second kappa shape index (κ2) is 5.99. The molecule has 0 spiro atoms. The molecule has 10 heteroatoms. The van der Waals surface area contributed by atoms with Gasteiger partial charge in [-0.2, -0.15) is 0 Å². The third-order valence-electron chi connectivity index (χ3n) is 4.46. The maximum Gasteiger partial charge on any atom is 0.323 e. The molecule has 0 aliphatic carbocycles. The van der Waals surface area contributed by atoms with Crippen LogP contribution in [0.4, 0.5) is 0 Å². The summed E-state index contributed by atoms with van der Waals surface area (Å²) in [6.07, 6.45) is 0. The van der Waals surface area contributed by atoms with Crippen LogP contribution in [0.1, 0.15) is 16.4 Å². The summed E-state index contributed by atoms with van der Waals surface area (Å²) in [6, 6.07) is 6.21. The minimum Gasteiger partial charge on any atom is -0.508 e. The second-order valence-corrected chi connectivity index (χ2v) is 8.16. The Bertz CT molecular complexity index is 979. The van der Waals surface area contributed by atoms with Crippen LogP contribution in [-0.2, 0) is 14.4 Å². The molecular weight excluding hydrogens is 380 g/mol. The Labute approximate surface area is 154 Å². The van der Waals surface area contributed by atoms with Crippen molar-refractivity contribution in [2.45, 2.75) is 16.2 Å². The van der Waals surface area contributed by atoms with Gasteiger partial charge in [0, 0.05) is 10.8 Å². The molecule has 3 N–H and O–H groups in total. The van der Waals surface area contributed by atoms with Crippen molar-refractivity contribution in [3.05, 3.63) is 44.4 Å². The summed E-state index contributed by atoms with van der Waals surface area (Å²) in [6.45, 7) is -0.683. The Morgan fingerprint density at radius 1 is 1.15 bits per heavy atom. The van der Waals surface area contributed by atoms with Crippen molar-refractivity contribution in [2.24, 2.45) is 5.92 Å². The Hall–Kier alpha value is -2.59. The van der Waals surface area contributed by atoms with Crippen LogP contribution >= 0.6 is 23.1 Å². The number of aromatic amines is 1. The fourth-order valence-electron chi connectivity index (χ4n) is 3.41. The molecule has 0 unspecified atom stereocenters. The third-order valence-corrected chi connectivity index (χ3v) is 6.86. The van der Waals surface area contributed by atoms with Crippen molar-refractivity contribution in [3.63, 3.8) is 0 Å². The van der Waals surface area contributed by atoms with Gasteiger partial charge in [0.1, 0.15) is 17.5 Å². The SMILES string of the molecule is O=C(O)CN1C(=O)[C@@H]2[C@H](c3ccc(O)cc3)c3sc(=O)[nH]c3S[C@@H]2C1=O. The maximum atomic E-state index is 12.8. The number of hydrogen-bond donors (Lipinski definition) is 3. The number of amides is 2. The number of thiazole rings is 1. The number of likely N-dealkylation sites (tertiary alicyclic amines) is 1. The van der Waals surface area contributed by atoms with Gasteiger partial charge in [0.2, 0.25) is 11.8 Å². The molecule has 3 atom stereocenters. The number of phenols is 1. The van der Waals surface area contributed by atoms with Crippen molar-refractivity contribution in [1.82, 2.24) is 9.88 Å². The van der Waals surface area contributed by atoms with Crippen LogP contribution < -0.4 is 4.87 Å². The number of carbonyl (C=O) groups excluding carboxylic acids is 2. The van der Waals surface area contributed by atoms with E-state index in [9.17, 15) is 24.3 Å². The first-order valence-electron chi connectivity index (χ1n) is 7.62. The van der Waals surface area contributed by atoms with Crippen molar-refractivity contribution in [3.8, 4) is 5.75 Å². The number of aliphatic carboxylic acids is 1. The lowest BCUT2D eigenvalue weighted by atomic mass is 9.83. The van der Waals surface area contributed by atoms with Gasteiger partial charge >= 0.3 is 10.8 Å². The molecule has 0 bridgehead atoms. The van der Waals surface area contributed by atoms with Crippen LogP contribution in [0, 0.1) is 5.92 Å². The van der Waals surface area contributed by atoms with Gasteiger partial charge in [-0.05, 0) is 17.7 Å². The number of carboxylic acids is 1. The van der Waals surface area contributed by atoms with Crippen LogP contribution in [0.25, 0.3) is 0 Å². The van der Waals surface area contributed by atoms with Crippen LogP contribution in [-0.4, -0.2) is 49.7 Å². The molecule has 3 heterocycles. The Kier molecular flexibility index (Phi) is 3.88. The summed E-state index contributed by atoms with van der Waals surface area (Å²) in [5.41, 5.74) is 0.674. The van der Waals surface area contributed by atoms with Crippen molar-refractivity contribution >= 4 is 40.9 Å². The molecule has 1 fully saturated rings. The maximum absolute atomic E-state index is 12.8. The van der Waals surface area contributed by atoms with E-state index < -0.39 is 41.4 Å². The zero-order valence-electron chi connectivity index (χ0n) is 13.0. The first-order chi connectivity index (χ1) is 12.4. The largest absolute Gasteiger partial charge is 0.508 e. The number of fused-ring (bicyclic) bond motifs is 2. The van der Waals surface area contributed by atoms with E-state index in [1.807, 2.05) is 0 Å². The lowest BCUT2D eigenvalue weighted by Gasteiger charge is -2.29. The molecule has 0 radical (unpaired) electrons. The fourth-order valence-corrected chi connectivity index (χ4v) is 5.94. The number of nitrogens with zero attached hydrogens (tertiary/aromatic N) is 1. The topological polar surface area (TPSA) is 128 Å². The highest BCUT2D eigenvalue weighted by atomic mass is 32.2. The smallest absolute Gasteiger partial charge is 0.323 e. The number of rotatable bonds is 3. The van der Waals surface area contributed by atoms with E-state index in [0.29, 0.717) is 15.5 Å². The number of carboxylic acid groups (broad SMARTS) is 1. The van der Waals surface area contributed by atoms with E-state index in [1.54, 1.807) is 12.1 Å². The molecule has 4 rings (SSSR count). The van der Waals surface area contributed by atoms with Gasteiger partial charge in [0.05, 0.1) is 10.9 Å². The number of nitrogens with one attached hydrogen (secondary N) is 1. The number of aromatic nitrogens is 1. The van der Waals surface area contributed by atoms with Crippen molar-refractivity contribution in [1.29, 1.82) is 0 Å². The van der Waals surface area contributed by atoms with E-state index in [0.717, 1.165) is 28.0 Å². The summed E-state index contributed by atoms with van der Waals surface area (Å²) in [4.78, 5) is 52.2. The van der Waals surface area contributed by atoms with Crippen LogP contribution in [0.5, 0.6) is 5.75 Å². The molecule has 1 aromatic heterocycles. The third kappa shape index (κ3) is 2.53. The van der Waals surface area contributed by atoms with E-state index in [4.69, 9.17) is 5.11 Å². The van der Waals surface area contributed by atoms with Crippen molar-refractivity contribution in [2.75, 3.05) is 6.54 Å². The number of carbonyl (C=O) groups is 3. The minimum absolute atomic E-state index is 0.0549. The van der Waals surface area contributed by atoms with Gasteiger partial charge in [0.15, 0.2) is 0 Å². The number of thioether (sulfide) groups is 1. The van der Waals surface area contributed by atoms with Gasteiger partial charge < -0.3 is 15.2 Å². The summed E-state index contributed by atoms with van der Waals surface area (Å²) in [7, 11) is 0. The van der Waals surface area contributed by atoms with Gasteiger partial charge in [-0.15, -0.1) is 0 Å².